The van der Waals surface area contributed by atoms with Crippen molar-refractivity contribution >= 4 is 11.8 Å². The normalized spacial score (nSPS) is 17.9. The number of nitrogens with two attached hydrogens (primary N) is 1. The number of halogens is 4. The lowest BCUT2D eigenvalue weighted by Gasteiger charge is -2.34. The summed E-state index contributed by atoms with van der Waals surface area (Å²) in [5, 5.41) is 0. The molecule has 0 spiro atoms. The van der Waals surface area contributed by atoms with Crippen molar-refractivity contribution < 1.29 is 36.6 Å². The van der Waals surface area contributed by atoms with Crippen LogP contribution in [0.1, 0.15) is 22.3 Å². The Hall–Kier alpha value is -4.16. The third kappa shape index (κ3) is 6.54. The van der Waals surface area contributed by atoms with Gasteiger partial charge in [-0.05, 0) is 23.8 Å². The van der Waals surface area contributed by atoms with E-state index in [1.807, 2.05) is 0 Å². The number of aryl methyl sites for hydroxylation is 1. The quantitative estimate of drug-likeness (QED) is 0.479. The van der Waals surface area contributed by atoms with Crippen LogP contribution in [0.15, 0.2) is 49.1 Å². The average Bonchev–Trinajstić information content (AvgIpc) is 3.27. The van der Waals surface area contributed by atoms with E-state index < -0.39 is 30.3 Å². The van der Waals surface area contributed by atoms with Gasteiger partial charge < -0.3 is 24.7 Å². The number of benzene rings is 1. The Labute approximate surface area is 208 Å². The number of pyridine rings is 1. The summed E-state index contributed by atoms with van der Waals surface area (Å²) < 4.78 is 63.1. The van der Waals surface area contributed by atoms with Gasteiger partial charge in [-0.25, -0.2) is 14.4 Å². The van der Waals surface area contributed by atoms with E-state index in [0.29, 0.717) is 16.8 Å². The molecule has 1 aromatic carbocycles. The van der Waals surface area contributed by atoms with Gasteiger partial charge in [-0.2, -0.15) is 0 Å². The molecule has 0 radical (unpaired) electrons. The summed E-state index contributed by atoms with van der Waals surface area (Å²) in [6.45, 7) is -0.0756. The van der Waals surface area contributed by atoms with Gasteiger partial charge in [0.1, 0.15) is 17.4 Å². The molecule has 1 unspecified atom stereocenters. The first-order valence-electron chi connectivity index (χ1n) is 11.2. The maximum Gasteiger partial charge on any atom is 0.573 e. The molecule has 4 rings (SSSR count). The molecule has 2 aromatic heterocycles. The Morgan fingerprint density at radius 2 is 1.92 bits per heavy atom. The Bertz CT molecular complexity index is 1280. The van der Waals surface area contributed by atoms with Crippen molar-refractivity contribution in [2.75, 3.05) is 13.1 Å². The minimum Gasteiger partial charge on any atom is -0.471 e. The highest BCUT2D eigenvalue weighted by atomic mass is 19.4. The van der Waals surface area contributed by atoms with Gasteiger partial charge in [-0.15, -0.1) is 13.2 Å². The molecule has 13 heteroatoms. The van der Waals surface area contributed by atoms with Crippen molar-refractivity contribution in [3.63, 3.8) is 0 Å². The van der Waals surface area contributed by atoms with Gasteiger partial charge in [0.25, 0.3) is 5.91 Å². The summed E-state index contributed by atoms with van der Waals surface area (Å²) in [6.07, 6.45) is -2.57. The molecule has 196 valence electrons. The molecule has 1 saturated heterocycles. The van der Waals surface area contributed by atoms with Crippen LogP contribution in [-0.2, 0) is 18.3 Å². The molecule has 3 aromatic rings. The highest BCUT2D eigenvalue weighted by molar-refractivity contribution is 5.96. The number of amides is 2. The number of nitrogens with zero attached hydrogens (tertiary/aromatic N) is 4. The molecule has 2 amide bonds. The summed E-state index contributed by atoms with van der Waals surface area (Å²) in [4.78, 5) is 34.3. The van der Waals surface area contributed by atoms with Gasteiger partial charge in [0.05, 0.1) is 25.0 Å². The standard InChI is InChI=1S/C24H23F4N5O4/c1-32-12-19(31-13-32)15-9-17(22(29)35)23(30-10-15)36-20-6-7-33(11-18(20)25)21(34)8-14-2-4-16(5-3-14)37-24(26,27)28/h2-5,9-10,12-13,18,20H,6-8,11H2,1H3,(H2,29,35)/t18-,20?/m1/s1. The van der Waals surface area contributed by atoms with Crippen LogP contribution in [0.4, 0.5) is 17.6 Å². The van der Waals surface area contributed by atoms with Gasteiger partial charge in [-0.3, -0.25) is 9.59 Å². The number of imidazole rings is 1. The lowest BCUT2D eigenvalue weighted by Crippen LogP contribution is -2.49. The van der Waals surface area contributed by atoms with Gasteiger partial charge in [0.2, 0.25) is 11.8 Å². The first-order chi connectivity index (χ1) is 17.5. The Morgan fingerprint density at radius 3 is 2.51 bits per heavy atom. The predicted octanol–water partition coefficient (Wildman–Crippen LogP) is 3.04. The summed E-state index contributed by atoms with van der Waals surface area (Å²) in [5.41, 5.74) is 7.03. The van der Waals surface area contributed by atoms with Crippen LogP contribution >= 0.6 is 0 Å². The van der Waals surface area contributed by atoms with Gasteiger partial charge in [-0.1, -0.05) is 12.1 Å². The van der Waals surface area contributed by atoms with E-state index >= 15 is 0 Å². The van der Waals surface area contributed by atoms with Gasteiger partial charge in [0.15, 0.2) is 6.17 Å². The molecule has 9 nitrogen and oxygen atoms in total. The largest absolute Gasteiger partial charge is 0.573 e. The molecule has 0 aliphatic carbocycles. The molecule has 1 aliphatic heterocycles. The second kappa shape index (κ2) is 10.4. The van der Waals surface area contributed by atoms with E-state index in [2.05, 4.69) is 14.7 Å². The topological polar surface area (TPSA) is 113 Å². The molecule has 2 N–H and O–H groups in total. The summed E-state index contributed by atoms with van der Waals surface area (Å²) in [7, 11) is 1.79. The maximum absolute atomic E-state index is 15.0. The van der Waals surface area contributed by atoms with Crippen LogP contribution in [0.2, 0.25) is 0 Å². The van der Waals surface area contributed by atoms with Crippen LogP contribution in [-0.4, -0.2) is 63.0 Å². The van der Waals surface area contributed by atoms with Crippen molar-refractivity contribution in [3.8, 4) is 22.9 Å². The fourth-order valence-corrected chi connectivity index (χ4v) is 3.91. The van der Waals surface area contributed by atoms with Crippen molar-refractivity contribution in [2.45, 2.75) is 31.5 Å². The summed E-state index contributed by atoms with van der Waals surface area (Å²) >= 11 is 0. The molecule has 2 atom stereocenters. The zero-order chi connectivity index (χ0) is 26.7. The first kappa shape index (κ1) is 25.9. The molecule has 1 fully saturated rings. The van der Waals surface area contributed by atoms with E-state index in [9.17, 15) is 27.2 Å². The maximum atomic E-state index is 15.0. The fourth-order valence-electron chi connectivity index (χ4n) is 3.91. The molecule has 3 heterocycles. The van der Waals surface area contributed by atoms with Crippen molar-refractivity contribution in [3.05, 3.63) is 60.2 Å². The van der Waals surface area contributed by atoms with Crippen molar-refractivity contribution in [2.24, 2.45) is 12.8 Å². The highest BCUT2D eigenvalue weighted by Gasteiger charge is 2.34. The molecule has 0 saturated carbocycles. The zero-order valence-electron chi connectivity index (χ0n) is 19.6. The molecular formula is C24H23F4N5O4. The Balaban J connectivity index is 1.37. The lowest BCUT2D eigenvalue weighted by molar-refractivity contribution is -0.274. The van der Waals surface area contributed by atoms with E-state index in [0.717, 1.165) is 12.1 Å². The molecule has 0 bridgehead atoms. The number of hydrogen-bond donors (Lipinski definition) is 1. The number of carbonyl (C=O) groups excluding carboxylic acids is 2. The van der Waals surface area contributed by atoms with E-state index in [1.54, 1.807) is 24.1 Å². The van der Waals surface area contributed by atoms with E-state index in [-0.39, 0.29) is 43.3 Å². The van der Waals surface area contributed by atoms with Crippen molar-refractivity contribution in [1.29, 1.82) is 0 Å². The number of ether oxygens (including phenoxy) is 2. The number of alkyl halides is 4. The Kier molecular flexibility index (Phi) is 7.32. The third-order valence-corrected chi connectivity index (χ3v) is 5.73. The predicted molar refractivity (Wildman–Crippen MR) is 122 cm³/mol. The summed E-state index contributed by atoms with van der Waals surface area (Å²) in [6, 6.07) is 6.37. The minimum absolute atomic E-state index is 0.0215. The van der Waals surface area contributed by atoms with Crippen LogP contribution < -0.4 is 15.2 Å². The second-order valence-corrected chi connectivity index (χ2v) is 8.53. The summed E-state index contributed by atoms with van der Waals surface area (Å²) in [5.74, 6) is -1.69. The number of carbonyl (C=O) groups is 2. The number of primary amides is 1. The smallest absolute Gasteiger partial charge is 0.471 e. The molecule has 1 aliphatic rings. The number of likely N-dealkylation sites (tertiary alicyclic amines) is 1. The first-order valence-corrected chi connectivity index (χ1v) is 11.2. The number of aromatic nitrogens is 3. The van der Waals surface area contributed by atoms with Crippen LogP contribution in [0.25, 0.3) is 11.3 Å². The van der Waals surface area contributed by atoms with Crippen LogP contribution in [0.3, 0.4) is 0 Å². The number of piperidine rings is 1. The van der Waals surface area contributed by atoms with Crippen LogP contribution in [0.5, 0.6) is 11.6 Å². The SMILES string of the molecule is Cn1cnc(-c2cnc(OC3CCN(C(=O)Cc4ccc(OC(F)(F)F)cc4)C[C@H]3F)c(C(N)=O)c2)c1. The number of rotatable bonds is 7. The van der Waals surface area contributed by atoms with E-state index in [1.165, 1.54) is 29.3 Å². The zero-order valence-corrected chi connectivity index (χ0v) is 19.6. The average molecular weight is 521 g/mol. The Morgan fingerprint density at radius 1 is 1.19 bits per heavy atom. The van der Waals surface area contributed by atoms with Crippen LogP contribution in [0, 0.1) is 0 Å². The monoisotopic (exact) mass is 521 g/mol. The van der Waals surface area contributed by atoms with Gasteiger partial charge >= 0.3 is 6.36 Å². The molecular weight excluding hydrogens is 498 g/mol. The van der Waals surface area contributed by atoms with Gasteiger partial charge in [0, 0.05) is 38.0 Å². The minimum atomic E-state index is -4.81. The highest BCUT2D eigenvalue weighted by Crippen LogP contribution is 2.27. The number of hydrogen-bond acceptors (Lipinski definition) is 6. The van der Waals surface area contributed by atoms with E-state index in [4.69, 9.17) is 10.5 Å². The fraction of sp³-hybridized carbons (Fsp3) is 0.333. The molecule has 37 heavy (non-hydrogen) atoms. The third-order valence-electron chi connectivity index (χ3n) is 5.73. The lowest BCUT2D eigenvalue weighted by atomic mass is 10.0. The van der Waals surface area contributed by atoms with Crippen molar-refractivity contribution in [1.82, 2.24) is 19.4 Å². The second-order valence-electron chi connectivity index (χ2n) is 8.53.